The van der Waals surface area contributed by atoms with Crippen LogP contribution in [0.3, 0.4) is 0 Å². The van der Waals surface area contributed by atoms with Gasteiger partial charge in [0.25, 0.3) is 5.91 Å². The number of rotatable bonds is 8. The van der Waals surface area contributed by atoms with E-state index in [9.17, 15) is 22.8 Å². The van der Waals surface area contributed by atoms with Crippen molar-refractivity contribution in [3.8, 4) is 0 Å². The summed E-state index contributed by atoms with van der Waals surface area (Å²) in [5, 5.41) is 8.57. The molecule has 9 heteroatoms. The smallest absolute Gasteiger partial charge is 0.416 e. The van der Waals surface area contributed by atoms with Crippen molar-refractivity contribution in [1.82, 2.24) is 15.1 Å². The number of nitrogens with one attached hydrogen (secondary N) is 1. The lowest BCUT2D eigenvalue weighted by molar-refractivity contribution is -0.167. The third-order valence-corrected chi connectivity index (χ3v) is 9.15. The van der Waals surface area contributed by atoms with Gasteiger partial charge in [-0.3, -0.25) is 14.3 Å². The number of fused-ring (bicyclic) bond motifs is 1. The standard InChI is InChI=1S/C35H36F3N3O3/c1-21(2)41-29-11-7-10-25(16-23-12-14-27(15-13-23)35(36,37)38)30(29)31(40-41)32(42)39-28-19-34(20-28)17-26(18-34)33(43)44-22(3)24-8-5-4-6-9-24/h4-15,21-22,26,28H,16-20H2,1-3H3,(H,39,42)/t22-,26-,28-,34?/m0/s1. The lowest BCUT2D eigenvalue weighted by Gasteiger charge is -2.57. The largest absolute Gasteiger partial charge is 0.458 e. The van der Waals surface area contributed by atoms with Gasteiger partial charge in [-0.15, -0.1) is 0 Å². The van der Waals surface area contributed by atoms with Gasteiger partial charge in [0.15, 0.2) is 5.69 Å². The quantitative estimate of drug-likeness (QED) is 0.209. The van der Waals surface area contributed by atoms with Crippen LogP contribution >= 0.6 is 0 Å². The molecule has 0 aliphatic heterocycles. The van der Waals surface area contributed by atoms with Crippen molar-refractivity contribution in [1.29, 1.82) is 0 Å². The van der Waals surface area contributed by atoms with Gasteiger partial charge < -0.3 is 10.1 Å². The van der Waals surface area contributed by atoms with Gasteiger partial charge in [-0.05, 0) is 93.2 Å². The summed E-state index contributed by atoms with van der Waals surface area (Å²) >= 11 is 0. The fraction of sp³-hybridized carbons (Fsp3) is 0.400. The Bertz CT molecular complexity index is 1660. The van der Waals surface area contributed by atoms with E-state index in [1.807, 2.05) is 74.0 Å². The van der Waals surface area contributed by atoms with Gasteiger partial charge in [-0.2, -0.15) is 18.3 Å². The van der Waals surface area contributed by atoms with Crippen LogP contribution in [0, 0.1) is 11.3 Å². The molecule has 1 spiro atoms. The van der Waals surface area contributed by atoms with Crippen LogP contribution in [0.2, 0.25) is 0 Å². The number of ether oxygens (including phenoxy) is 1. The molecule has 0 bridgehead atoms. The Balaban J connectivity index is 1.11. The van der Waals surface area contributed by atoms with Crippen molar-refractivity contribution in [3.63, 3.8) is 0 Å². The van der Waals surface area contributed by atoms with Crippen LogP contribution in [0.4, 0.5) is 13.2 Å². The summed E-state index contributed by atoms with van der Waals surface area (Å²) in [6.45, 7) is 5.87. The average Bonchev–Trinajstić information content (AvgIpc) is 3.35. The van der Waals surface area contributed by atoms with Gasteiger partial charge in [0.05, 0.1) is 17.0 Å². The molecule has 1 aromatic heterocycles. The molecule has 1 atom stereocenters. The van der Waals surface area contributed by atoms with Gasteiger partial charge in [0.2, 0.25) is 0 Å². The summed E-state index contributed by atoms with van der Waals surface area (Å²) in [6.07, 6.45) is -1.18. The van der Waals surface area contributed by atoms with E-state index in [4.69, 9.17) is 9.84 Å². The van der Waals surface area contributed by atoms with Gasteiger partial charge in [-0.1, -0.05) is 54.6 Å². The summed E-state index contributed by atoms with van der Waals surface area (Å²) in [4.78, 5) is 26.4. The molecule has 6 nitrogen and oxygen atoms in total. The number of aromatic nitrogens is 2. The fourth-order valence-corrected chi connectivity index (χ4v) is 6.88. The number of alkyl halides is 3. The van der Waals surface area contributed by atoms with Crippen LogP contribution in [0.1, 0.15) is 91.3 Å². The Hall–Kier alpha value is -4.14. The van der Waals surface area contributed by atoms with E-state index >= 15 is 0 Å². The van der Waals surface area contributed by atoms with Gasteiger partial charge in [0.1, 0.15) is 6.10 Å². The van der Waals surface area contributed by atoms with Crippen molar-refractivity contribution in [2.24, 2.45) is 11.3 Å². The minimum Gasteiger partial charge on any atom is -0.458 e. The lowest BCUT2D eigenvalue weighted by Crippen LogP contribution is -2.57. The number of amides is 1. The molecule has 0 unspecified atom stereocenters. The molecule has 2 fully saturated rings. The van der Waals surface area contributed by atoms with Gasteiger partial charge >= 0.3 is 12.1 Å². The summed E-state index contributed by atoms with van der Waals surface area (Å²) in [5.74, 6) is -0.539. The maximum absolute atomic E-state index is 13.6. The first-order valence-electron chi connectivity index (χ1n) is 15.1. The molecule has 4 aromatic rings. The summed E-state index contributed by atoms with van der Waals surface area (Å²) in [7, 11) is 0. The van der Waals surface area contributed by atoms with Crippen molar-refractivity contribution in [2.45, 2.75) is 77.2 Å². The third-order valence-electron chi connectivity index (χ3n) is 9.15. The molecule has 2 saturated carbocycles. The second-order valence-corrected chi connectivity index (χ2v) is 12.7. The van der Waals surface area contributed by atoms with Crippen LogP contribution in [-0.2, 0) is 22.1 Å². The third kappa shape index (κ3) is 5.84. The molecule has 2 aliphatic rings. The van der Waals surface area contributed by atoms with Crippen LogP contribution in [0.25, 0.3) is 10.9 Å². The van der Waals surface area contributed by atoms with Crippen molar-refractivity contribution >= 4 is 22.8 Å². The predicted molar refractivity (Wildman–Crippen MR) is 161 cm³/mol. The summed E-state index contributed by atoms with van der Waals surface area (Å²) in [6, 6.07) is 20.5. The first-order valence-corrected chi connectivity index (χ1v) is 15.1. The summed E-state index contributed by atoms with van der Waals surface area (Å²) in [5.41, 5.74) is 3.01. The van der Waals surface area contributed by atoms with E-state index in [-0.39, 0.29) is 41.4 Å². The zero-order chi connectivity index (χ0) is 31.2. The maximum atomic E-state index is 13.6. The number of carbonyl (C=O) groups is 2. The molecular weight excluding hydrogens is 567 g/mol. The number of hydrogen-bond acceptors (Lipinski definition) is 4. The van der Waals surface area contributed by atoms with E-state index in [1.54, 1.807) is 0 Å². The minimum absolute atomic E-state index is 0.00335. The number of esters is 1. The first kappa shape index (κ1) is 29.9. The molecule has 1 heterocycles. The molecule has 0 saturated heterocycles. The SMILES string of the molecule is CC(C)n1nc(C(=O)N[C@H]2CC3(C2)C[C@H](C(=O)O[C@@H](C)c2ccccc2)C3)c2c(Cc3ccc(C(F)(F)F)cc3)cccc21. The van der Waals surface area contributed by atoms with E-state index < -0.39 is 11.7 Å². The van der Waals surface area contributed by atoms with Crippen molar-refractivity contribution < 1.29 is 27.5 Å². The Kier molecular flexibility index (Phi) is 7.76. The van der Waals surface area contributed by atoms with E-state index in [2.05, 4.69) is 5.32 Å². The fourth-order valence-electron chi connectivity index (χ4n) is 6.88. The Morgan fingerprint density at radius 2 is 1.64 bits per heavy atom. The Labute approximate surface area is 254 Å². The molecule has 230 valence electrons. The van der Waals surface area contributed by atoms with Gasteiger partial charge in [-0.25, -0.2) is 0 Å². The van der Waals surface area contributed by atoms with Crippen molar-refractivity contribution in [2.75, 3.05) is 0 Å². The van der Waals surface area contributed by atoms with E-state index in [0.717, 1.165) is 54.5 Å². The zero-order valence-electron chi connectivity index (χ0n) is 25.0. The second-order valence-electron chi connectivity index (χ2n) is 12.7. The maximum Gasteiger partial charge on any atom is 0.416 e. The molecule has 6 rings (SSSR count). The number of benzene rings is 3. The van der Waals surface area contributed by atoms with E-state index in [1.165, 1.54) is 12.1 Å². The molecule has 2 aliphatic carbocycles. The highest BCUT2D eigenvalue weighted by molar-refractivity contribution is 6.06. The van der Waals surface area contributed by atoms with Gasteiger partial charge in [0, 0.05) is 17.5 Å². The van der Waals surface area contributed by atoms with Crippen LogP contribution in [0.15, 0.2) is 72.8 Å². The van der Waals surface area contributed by atoms with E-state index in [0.29, 0.717) is 23.1 Å². The number of hydrogen-bond donors (Lipinski definition) is 1. The first-order chi connectivity index (χ1) is 20.9. The predicted octanol–water partition coefficient (Wildman–Crippen LogP) is 7.82. The molecular formula is C35H36F3N3O3. The Morgan fingerprint density at radius 3 is 2.27 bits per heavy atom. The zero-order valence-corrected chi connectivity index (χ0v) is 25.0. The number of nitrogens with zero attached hydrogens (tertiary/aromatic N) is 2. The summed E-state index contributed by atoms with van der Waals surface area (Å²) < 4.78 is 46.7. The molecule has 0 radical (unpaired) electrons. The highest BCUT2D eigenvalue weighted by Gasteiger charge is 2.55. The van der Waals surface area contributed by atoms with Crippen molar-refractivity contribution in [3.05, 3.63) is 101 Å². The number of carbonyl (C=O) groups excluding carboxylic acids is 2. The molecule has 1 N–H and O–H groups in total. The molecule has 44 heavy (non-hydrogen) atoms. The highest BCUT2D eigenvalue weighted by atomic mass is 19.4. The molecule has 1 amide bonds. The lowest BCUT2D eigenvalue weighted by atomic mass is 9.50. The Morgan fingerprint density at radius 1 is 0.955 bits per heavy atom. The van der Waals surface area contributed by atoms with Crippen LogP contribution in [0.5, 0.6) is 0 Å². The minimum atomic E-state index is -4.40. The normalized spacial score (nSPS) is 22.0. The highest BCUT2D eigenvalue weighted by Crippen LogP contribution is 2.59. The monoisotopic (exact) mass is 603 g/mol. The number of halogens is 3. The van der Waals surface area contributed by atoms with Crippen LogP contribution < -0.4 is 5.32 Å². The topological polar surface area (TPSA) is 73.2 Å². The average molecular weight is 604 g/mol. The second kappa shape index (κ2) is 11.4. The van der Waals surface area contributed by atoms with Crippen LogP contribution in [-0.4, -0.2) is 27.7 Å². The molecule has 3 aromatic carbocycles.